The monoisotopic (exact) mass is 608 g/mol. The standard InChI is InChI=1S/C30H30F2N6O6/c31-21-11-17-23(13-25(21)35-5-1-33-2-6-35)37(15-19(27(17)39)29(41)42)9-10-38-16-20(30(43)44)28(40)18-12-22(32)26(14-24(18)38)36-7-3-34-4-8-36/h11-16,33-34H,1-10H2,(H,41,42)(H,43,44). The van der Waals surface area contributed by atoms with Crippen molar-refractivity contribution in [3.63, 3.8) is 0 Å². The quantitative estimate of drug-likeness (QED) is 0.243. The molecule has 0 spiro atoms. The Hall–Kier alpha value is -4.82. The minimum Gasteiger partial charge on any atom is -0.477 e. The fourth-order valence-electron chi connectivity index (χ4n) is 5.99. The molecule has 0 aliphatic carbocycles. The first-order chi connectivity index (χ1) is 21.1. The molecule has 6 rings (SSSR count). The van der Waals surface area contributed by atoms with E-state index in [1.54, 1.807) is 0 Å². The Morgan fingerprint density at radius 2 is 1.02 bits per heavy atom. The highest BCUT2D eigenvalue weighted by Crippen LogP contribution is 2.28. The molecule has 2 aliphatic rings. The number of carbonyl (C=O) groups is 2. The summed E-state index contributed by atoms with van der Waals surface area (Å²) in [7, 11) is 0. The van der Waals surface area contributed by atoms with E-state index >= 15 is 8.78 Å². The van der Waals surface area contributed by atoms with Crippen LogP contribution in [0.3, 0.4) is 0 Å². The molecule has 4 heterocycles. The summed E-state index contributed by atoms with van der Waals surface area (Å²) in [6.07, 6.45) is 2.36. The number of pyridine rings is 2. The molecule has 2 aromatic carbocycles. The number of piperazine rings is 2. The van der Waals surface area contributed by atoms with Crippen LogP contribution < -0.4 is 31.3 Å². The fraction of sp³-hybridized carbons (Fsp3) is 0.333. The van der Waals surface area contributed by atoms with E-state index in [4.69, 9.17) is 0 Å². The summed E-state index contributed by atoms with van der Waals surface area (Å²) in [6, 6.07) is 5.15. The molecule has 2 aromatic heterocycles. The molecule has 2 saturated heterocycles. The van der Waals surface area contributed by atoms with Gasteiger partial charge in [0.15, 0.2) is 0 Å². The van der Waals surface area contributed by atoms with Crippen molar-refractivity contribution in [2.45, 2.75) is 13.1 Å². The van der Waals surface area contributed by atoms with Gasteiger partial charge in [0, 0.05) is 88.6 Å². The van der Waals surface area contributed by atoms with Crippen molar-refractivity contribution in [1.29, 1.82) is 0 Å². The van der Waals surface area contributed by atoms with Gasteiger partial charge in [-0.25, -0.2) is 18.4 Å². The molecule has 44 heavy (non-hydrogen) atoms. The lowest BCUT2D eigenvalue weighted by molar-refractivity contribution is 0.0683. The number of nitrogens with zero attached hydrogens (tertiary/aromatic N) is 4. The number of aromatic nitrogens is 2. The minimum atomic E-state index is -1.48. The molecule has 2 fully saturated rings. The average Bonchev–Trinajstić information content (AvgIpc) is 3.02. The van der Waals surface area contributed by atoms with Gasteiger partial charge >= 0.3 is 11.9 Å². The average molecular weight is 609 g/mol. The minimum absolute atomic E-state index is 0.0149. The normalized spacial score (nSPS) is 15.7. The van der Waals surface area contributed by atoms with Crippen molar-refractivity contribution >= 4 is 45.1 Å². The van der Waals surface area contributed by atoms with E-state index in [0.29, 0.717) is 63.4 Å². The first-order valence-corrected chi connectivity index (χ1v) is 14.3. The van der Waals surface area contributed by atoms with Gasteiger partial charge < -0.3 is 39.8 Å². The molecule has 0 unspecified atom stereocenters. The van der Waals surface area contributed by atoms with Crippen LogP contribution in [0, 0.1) is 11.6 Å². The maximum atomic E-state index is 15.3. The number of aryl methyl sites for hydroxylation is 2. The van der Waals surface area contributed by atoms with Crippen molar-refractivity contribution in [1.82, 2.24) is 19.8 Å². The molecule has 0 atom stereocenters. The Bertz CT molecular complexity index is 1790. The molecule has 230 valence electrons. The van der Waals surface area contributed by atoms with Crippen molar-refractivity contribution in [2.24, 2.45) is 0 Å². The SMILES string of the molecule is O=C(O)c1cn(CCn2cc(C(=O)O)c(=O)c3cc(F)c(N4CCNCC4)cc32)c2cc(N3CCNCC3)c(F)cc2c1=O. The Balaban J connectivity index is 1.49. The topological polar surface area (TPSA) is 149 Å². The number of aromatic carboxylic acids is 2. The molecule has 0 radical (unpaired) electrons. The van der Waals surface area contributed by atoms with E-state index in [0.717, 1.165) is 12.1 Å². The summed E-state index contributed by atoms with van der Waals surface area (Å²) < 4.78 is 33.6. The second-order valence-electron chi connectivity index (χ2n) is 10.9. The number of nitrogens with one attached hydrogen (secondary N) is 2. The van der Waals surface area contributed by atoms with Gasteiger partial charge in [-0.2, -0.15) is 0 Å². The lowest BCUT2D eigenvalue weighted by Gasteiger charge is -2.30. The van der Waals surface area contributed by atoms with Crippen molar-refractivity contribution in [2.75, 3.05) is 62.2 Å². The number of carboxylic acids is 2. The van der Waals surface area contributed by atoms with Crippen LogP contribution in [0.25, 0.3) is 21.8 Å². The zero-order valence-electron chi connectivity index (χ0n) is 23.6. The van der Waals surface area contributed by atoms with Gasteiger partial charge in [-0.1, -0.05) is 0 Å². The van der Waals surface area contributed by atoms with Crippen molar-refractivity contribution < 1.29 is 28.6 Å². The number of anilines is 2. The van der Waals surface area contributed by atoms with E-state index < -0.39 is 45.6 Å². The number of benzene rings is 2. The van der Waals surface area contributed by atoms with Crippen LogP contribution in [0.2, 0.25) is 0 Å². The molecule has 12 nitrogen and oxygen atoms in total. The van der Waals surface area contributed by atoms with Crippen LogP contribution in [0.4, 0.5) is 20.2 Å². The number of rotatable bonds is 7. The van der Waals surface area contributed by atoms with Crippen LogP contribution in [0.5, 0.6) is 0 Å². The Morgan fingerprint density at radius 3 is 1.36 bits per heavy atom. The zero-order valence-corrected chi connectivity index (χ0v) is 23.6. The molecule has 0 saturated carbocycles. The molecular weight excluding hydrogens is 578 g/mol. The van der Waals surface area contributed by atoms with Crippen LogP contribution in [0.15, 0.2) is 46.2 Å². The van der Waals surface area contributed by atoms with Gasteiger partial charge in [-0.3, -0.25) is 9.59 Å². The first kappa shape index (κ1) is 29.3. The first-order valence-electron chi connectivity index (χ1n) is 14.3. The van der Waals surface area contributed by atoms with Crippen LogP contribution >= 0.6 is 0 Å². The Morgan fingerprint density at radius 1 is 0.659 bits per heavy atom. The number of fused-ring (bicyclic) bond motifs is 2. The predicted molar refractivity (Wildman–Crippen MR) is 160 cm³/mol. The van der Waals surface area contributed by atoms with Gasteiger partial charge in [0.1, 0.15) is 22.8 Å². The number of hydrogen-bond donors (Lipinski definition) is 4. The van der Waals surface area contributed by atoms with Gasteiger partial charge in [0.25, 0.3) is 0 Å². The maximum Gasteiger partial charge on any atom is 0.341 e. The molecular formula is C30H30F2N6O6. The summed E-state index contributed by atoms with van der Waals surface area (Å²) in [5.41, 5.74) is -1.61. The second kappa shape index (κ2) is 11.7. The molecule has 4 aromatic rings. The van der Waals surface area contributed by atoms with Crippen LogP contribution in [0.1, 0.15) is 20.7 Å². The van der Waals surface area contributed by atoms with Crippen molar-refractivity contribution in [3.05, 3.63) is 79.9 Å². The van der Waals surface area contributed by atoms with Gasteiger partial charge in [-0.05, 0) is 24.3 Å². The summed E-state index contributed by atoms with van der Waals surface area (Å²) in [6.45, 7) is 4.74. The van der Waals surface area contributed by atoms with Crippen LogP contribution in [-0.2, 0) is 13.1 Å². The van der Waals surface area contributed by atoms with Crippen LogP contribution in [-0.4, -0.2) is 83.6 Å². The highest BCUT2D eigenvalue weighted by atomic mass is 19.1. The van der Waals surface area contributed by atoms with Gasteiger partial charge in [0.05, 0.1) is 22.4 Å². The summed E-state index contributed by atoms with van der Waals surface area (Å²) in [5, 5.41) is 25.7. The Labute approximate surface area is 248 Å². The molecule has 0 amide bonds. The van der Waals surface area contributed by atoms with E-state index in [-0.39, 0.29) is 35.2 Å². The molecule has 4 N–H and O–H groups in total. The van der Waals surface area contributed by atoms with E-state index in [1.165, 1.54) is 33.7 Å². The summed E-state index contributed by atoms with van der Waals surface area (Å²) >= 11 is 0. The Kier molecular flexibility index (Phi) is 7.78. The van der Waals surface area contributed by atoms with E-state index in [1.807, 2.05) is 9.80 Å². The smallest absolute Gasteiger partial charge is 0.341 e. The highest BCUT2D eigenvalue weighted by molar-refractivity contribution is 5.94. The van der Waals surface area contributed by atoms with E-state index in [9.17, 15) is 29.4 Å². The zero-order chi connectivity index (χ0) is 31.1. The molecule has 2 aliphatic heterocycles. The van der Waals surface area contributed by atoms with Crippen molar-refractivity contribution in [3.8, 4) is 0 Å². The largest absolute Gasteiger partial charge is 0.477 e. The summed E-state index contributed by atoms with van der Waals surface area (Å²) in [4.78, 5) is 53.7. The maximum absolute atomic E-state index is 15.3. The third-order valence-electron chi connectivity index (χ3n) is 8.26. The lowest BCUT2D eigenvalue weighted by Crippen LogP contribution is -2.44. The third-order valence-corrected chi connectivity index (χ3v) is 8.26. The fourth-order valence-corrected chi connectivity index (χ4v) is 5.99. The number of halogens is 2. The van der Waals surface area contributed by atoms with E-state index in [2.05, 4.69) is 10.6 Å². The molecule has 14 heteroatoms. The summed E-state index contributed by atoms with van der Waals surface area (Å²) in [5.74, 6) is -4.25. The number of carboxylic acid groups (broad SMARTS) is 2. The van der Waals surface area contributed by atoms with Gasteiger partial charge in [0.2, 0.25) is 10.9 Å². The van der Waals surface area contributed by atoms with Gasteiger partial charge in [-0.15, -0.1) is 0 Å². The second-order valence-corrected chi connectivity index (χ2v) is 10.9. The highest BCUT2D eigenvalue weighted by Gasteiger charge is 2.23. The lowest BCUT2D eigenvalue weighted by atomic mass is 10.1. The predicted octanol–water partition coefficient (Wildman–Crippen LogP) is 1.51. The number of hydrogen-bond acceptors (Lipinski definition) is 8. The molecule has 0 bridgehead atoms. The third kappa shape index (κ3) is 5.26.